The van der Waals surface area contributed by atoms with Gasteiger partial charge in [0.1, 0.15) is 0 Å². The minimum atomic E-state index is 1.07. The van der Waals surface area contributed by atoms with Crippen molar-refractivity contribution in [2.24, 2.45) is 0 Å². The van der Waals surface area contributed by atoms with E-state index in [1.807, 2.05) is 0 Å². The maximum absolute atomic E-state index is 2.44. The van der Waals surface area contributed by atoms with Gasteiger partial charge in [0.2, 0.25) is 0 Å². The van der Waals surface area contributed by atoms with E-state index in [2.05, 4.69) is 276 Å². The molecule has 0 fully saturated rings. The highest BCUT2D eigenvalue weighted by molar-refractivity contribution is 6.10. The predicted molar refractivity (Wildman–Crippen MR) is 280 cm³/mol. The van der Waals surface area contributed by atoms with Gasteiger partial charge in [0.25, 0.3) is 0 Å². The second kappa shape index (κ2) is 16.8. The van der Waals surface area contributed by atoms with Crippen molar-refractivity contribution in [2.45, 2.75) is 0 Å². The standard InChI is InChI=1S/C64H44N2/c1-4-20-46(21-5-1)53-29-12-15-34-60(53)65(51-42-43-56(59(44-51)47-22-6-2-7-23-47)55-33-18-27-45-24-10-11-28-52(45)55)50-40-38-48(39-41-50)54-32-19-37-63(64(54)49-25-8-3-9-26-49)66-61-35-16-13-30-57(61)58-31-14-17-36-62(58)66/h1-44H. The summed E-state index contributed by atoms with van der Waals surface area (Å²) >= 11 is 0. The molecule has 2 nitrogen and oxygen atoms in total. The average molecular weight is 841 g/mol. The van der Waals surface area contributed by atoms with Crippen molar-refractivity contribution < 1.29 is 0 Å². The molecule has 0 aliphatic carbocycles. The van der Waals surface area contributed by atoms with Gasteiger partial charge in [-0.15, -0.1) is 0 Å². The number of fused-ring (bicyclic) bond motifs is 4. The second-order valence-corrected chi connectivity index (χ2v) is 16.8. The first-order valence-corrected chi connectivity index (χ1v) is 22.7. The van der Waals surface area contributed by atoms with Crippen molar-refractivity contribution >= 4 is 49.6 Å². The molecule has 0 radical (unpaired) electrons. The van der Waals surface area contributed by atoms with Gasteiger partial charge in [-0.3, -0.25) is 0 Å². The van der Waals surface area contributed by atoms with Crippen molar-refractivity contribution in [3.05, 3.63) is 267 Å². The topological polar surface area (TPSA) is 8.17 Å². The molecule has 1 heterocycles. The van der Waals surface area contributed by atoms with Crippen LogP contribution in [0, 0.1) is 0 Å². The molecular formula is C64H44N2. The lowest BCUT2D eigenvalue weighted by Crippen LogP contribution is -2.11. The molecule has 0 saturated heterocycles. The maximum Gasteiger partial charge on any atom is 0.0546 e. The van der Waals surface area contributed by atoms with E-state index in [1.54, 1.807) is 0 Å². The van der Waals surface area contributed by atoms with E-state index in [0.29, 0.717) is 0 Å². The number of nitrogens with zero attached hydrogens (tertiary/aromatic N) is 2. The van der Waals surface area contributed by atoms with Crippen LogP contribution in [-0.4, -0.2) is 4.57 Å². The molecular weight excluding hydrogens is 797 g/mol. The first-order chi connectivity index (χ1) is 32.8. The Bertz CT molecular complexity index is 3620. The van der Waals surface area contributed by atoms with Crippen LogP contribution >= 0.6 is 0 Å². The Hall–Kier alpha value is -8.72. The number of hydrogen-bond donors (Lipinski definition) is 0. The third-order valence-corrected chi connectivity index (χ3v) is 13.0. The summed E-state index contributed by atoms with van der Waals surface area (Å²) in [5, 5.41) is 4.97. The first-order valence-electron chi connectivity index (χ1n) is 22.7. The lowest BCUT2D eigenvalue weighted by atomic mass is 9.90. The number of para-hydroxylation sites is 3. The molecule has 0 aliphatic heterocycles. The molecule has 0 atom stereocenters. The molecule has 12 aromatic rings. The van der Waals surface area contributed by atoms with E-state index < -0.39 is 0 Å². The molecule has 310 valence electrons. The summed E-state index contributed by atoms with van der Waals surface area (Å²) < 4.78 is 2.44. The van der Waals surface area contributed by atoms with Crippen LogP contribution in [0.3, 0.4) is 0 Å². The highest BCUT2D eigenvalue weighted by Crippen LogP contribution is 2.46. The smallest absolute Gasteiger partial charge is 0.0546 e. The van der Waals surface area contributed by atoms with E-state index in [-0.39, 0.29) is 0 Å². The Morgan fingerprint density at radius 2 is 0.758 bits per heavy atom. The van der Waals surface area contributed by atoms with Gasteiger partial charge in [0.05, 0.1) is 22.4 Å². The zero-order valence-electron chi connectivity index (χ0n) is 36.3. The lowest BCUT2D eigenvalue weighted by molar-refractivity contribution is 1.18. The first kappa shape index (κ1) is 38.9. The summed E-state index contributed by atoms with van der Waals surface area (Å²) in [4.78, 5) is 2.43. The molecule has 0 spiro atoms. The molecule has 1 aromatic heterocycles. The van der Waals surface area contributed by atoms with Crippen LogP contribution in [0.2, 0.25) is 0 Å². The van der Waals surface area contributed by atoms with Gasteiger partial charge >= 0.3 is 0 Å². The summed E-state index contributed by atoms with van der Waals surface area (Å²) in [5.74, 6) is 0. The van der Waals surface area contributed by atoms with Gasteiger partial charge in [0.15, 0.2) is 0 Å². The summed E-state index contributed by atoms with van der Waals surface area (Å²) in [6.45, 7) is 0. The maximum atomic E-state index is 2.44. The van der Waals surface area contributed by atoms with Gasteiger partial charge in [-0.05, 0) is 104 Å². The summed E-state index contributed by atoms with van der Waals surface area (Å²) in [7, 11) is 0. The molecule has 0 N–H and O–H groups in total. The lowest BCUT2D eigenvalue weighted by Gasteiger charge is -2.29. The SMILES string of the molecule is c1ccc(-c2cc(N(c3ccc(-c4cccc(-n5c6ccccc6c6ccccc65)c4-c4ccccc4)cc3)c3ccccc3-c3ccccc3)ccc2-c2cccc3ccccc23)cc1. The molecule has 11 aromatic carbocycles. The number of rotatable bonds is 9. The fourth-order valence-electron chi connectivity index (χ4n) is 10.0. The highest BCUT2D eigenvalue weighted by atomic mass is 15.1. The zero-order chi connectivity index (χ0) is 43.8. The number of hydrogen-bond acceptors (Lipinski definition) is 1. The molecule has 66 heavy (non-hydrogen) atoms. The predicted octanol–water partition coefficient (Wildman–Crippen LogP) is 17.7. The minimum Gasteiger partial charge on any atom is -0.310 e. The summed E-state index contributed by atoms with van der Waals surface area (Å²) in [6, 6.07) is 96.9. The molecule has 0 bridgehead atoms. The van der Waals surface area contributed by atoms with Gasteiger partial charge in [-0.25, -0.2) is 0 Å². The van der Waals surface area contributed by atoms with Gasteiger partial charge in [-0.1, -0.05) is 218 Å². The van der Waals surface area contributed by atoms with Crippen LogP contribution < -0.4 is 4.90 Å². The van der Waals surface area contributed by atoms with E-state index in [4.69, 9.17) is 0 Å². The largest absolute Gasteiger partial charge is 0.310 e. The average Bonchev–Trinajstić information content (AvgIpc) is 3.74. The van der Waals surface area contributed by atoms with E-state index in [1.165, 1.54) is 77.1 Å². The third-order valence-electron chi connectivity index (χ3n) is 13.0. The van der Waals surface area contributed by atoms with Crippen molar-refractivity contribution in [2.75, 3.05) is 4.90 Å². The fourth-order valence-corrected chi connectivity index (χ4v) is 10.0. The Kier molecular flexibility index (Phi) is 9.89. The van der Waals surface area contributed by atoms with Crippen molar-refractivity contribution in [1.29, 1.82) is 0 Å². The molecule has 0 unspecified atom stereocenters. The molecule has 0 saturated carbocycles. The van der Waals surface area contributed by atoms with Crippen molar-refractivity contribution in [3.63, 3.8) is 0 Å². The van der Waals surface area contributed by atoms with Gasteiger partial charge < -0.3 is 9.47 Å². The normalized spacial score (nSPS) is 11.3. The zero-order valence-corrected chi connectivity index (χ0v) is 36.3. The van der Waals surface area contributed by atoms with E-state index in [9.17, 15) is 0 Å². The number of benzene rings is 11. The monoisotopic (exact) mass is 840 g/mol. The van der Waals surface area contributed by atoms with Gasteiger partial charge in [-0.2, -0.15) is 0 Å². The van der Waals surface area contributed by atoms with Crippen LogP contribution in [-0.2, 0) is 0 Å². The van der Waals surface area contributed by atoms with Crippen LogP contribution in [0.1, 0.15) is 0 Å². The van der Waals surface area contributed by atoms with Crippen LogP contribution in [0.4, 0.5) is 17.1 Å². The van der Waals surface area contributed by atoms with Crippen molar-refractivity contribution in [1.82, 2.24) is 4.57 Å². The van der Waals surface area contributed by atoms with E-state index >= 15 is 0 Å². The highest BCUT2D eigenvalue weighted by Gasteiger charge is 2.22. The Morgan fingerprint density at radius 1 is 0.273 bits per heavy atom. The Morgan fingerprint density at radius 3 is 1.45 bits per heavy atom. The molecule has 2 heteroatoms. The molecule has 0 aliphatic rings. The number of anilines is 3. The Labute approximate surface area is 385 Å². The second-order valence-electron chi connectivity index (χ2n) is 16.8. The Balaban J connectivity index is 1.06. The number of aromatic nitrogens is 1. The minimum absolute atomic E-state index is 1.07. The molecule has 12 rings (SSSR count). The third kappa shape index (κ3) is 6.84. The van der Waals surface area contributed by atoms with Crippen molar-refractivity contribution in [3.8, 4) is 61.3 Å². The summed E-state index contributed by atoms with van der Waals surface area (Å²) in [6.07, 6.45) is 0. The molecule has 0 amide bonds. The quantitative estimate of drug-likeness (QED) is 0.141. The summed E-state index contributed by atoms with van der Waals surface area (Å²) in [5.41, 5.74) is 18.6. The van der Waals surface area contributed by atoms with Crippen LogP contribution in [0.5, 0.6) is 0 Å². The van der Waals surface area contributed by atoms with Crippen LogP contribution in [0.25, 0.3) is 93.9 Å². The fraction of sp³-hybridized carbons (Fsp3) is 0. The van der Waals surface area contributed by atoms with Gasteiger partial charge in [0, 0.05) is 33.3 Å². The van der Waals surface area contributed by atoms with E-state index in [0.717, 1.165) is 33.9 Å². The van der Waals surface area contributed by atoms with Crippen LogP contribution in [0.15, 0.2) is 267 Å².